The number of ether oxygens (including phenoxy) is 2. The maximum atomic E-state index is 13.9. The number of aromatic nitrogens is 4. The van der Waals surface area contributed by atoms with Gasteiger partial charge in [-0.2, -0.15) is 10.2 Å². The second kappa shape index (κ2) is 18.2. The Balaban J connectivity index is 0.000000179. The third kappa shape index (κ3) is 11.0. The van der Waals surface area contributed by atoms with Gasteiger partial charge < -0.3 is 30.7 Å². The molecule has 4 aromatic rings. The topological polar surface area (TPSA) is 175 Å². The minimum absolute atomic E-state index is 0.0413. The predicted octanol–water partition coefficient (Wildman–Crippen LogP) is 9.03. The van der Waals surface area contributed by atoms with Crippen LogP contribution in [0.15, 0.2) is 48.5 Å². The number of alkyl halides is 2. The van der Waals surface area contributed by atoms with Crippen LogP contribution < -0.4 is 21.3 Å². The van der Waals surface area contributed by atoms with Crippen molar-refractivity contribution in [1.29, 1.82) is 0 Å². The molecule has 59 heavy (non-hydrogen) atoms. The van der Waals surface area contributed by atoms with Crippen molar-refractivity contribution >= 4 is 41.0 Å². The second-order valence-electron chi connectivity index (χ2n) is 17.0. The number of hydrogen-bond donors (Lipinski definition) is 6. The number of rotatable bonds is 10. The Morgan fingerprint density at radius 2 is 1.24 bits per heavy atom. The molecule has 2 aromatic carbocycles. The summed E-state index contributed by atoms with van der Waals surface area (Å²) in [5.41, 5.74) is 7.60. The number of nitrogens with one attached hydrogen (secondary N) is 6. The van der Waals surface area contributed by atoms with Crippen molar-refractivity contribution in [2.45, 2.75) is 147 Å². The van der Waals surface area contributed by atoms with Crippen molar-refractivity contribution in [3.8, 4) is 0 Å². The van der Waals surface area contributed by atoms with Crippen LogP contribution in [0.5, 0.6) is 0 Å². The number of aromatic amines is 2. The van der Waals surface area contributed by atoms with E-state index in [1.807, 2.05) is 70.2 Å². The first-order chi connectivity index (χ1) is 28.3. The summed E-state index contributed by atoms with van der Waals surface area (Å²) in [5, 5.41) is 27.0. The first-order valence-corrected chi connectivity index (χ1v) is 21.0. The zero-order valence-corrected chi connectivity index (χ0v) is 34.3. The van der Waals surface area contributed by atoms with Gasteiger partial charge in [0.2, 0.25) is 0 Å². The van der Waals surface area contributed by atoms with Crippen molar-refractivity contribution in [3.63, 3.8) is 0 Å². The van der Waals surface area contributed by atoms with Crippen LogP contribution in [-0.4, -0.2) is 68.6 Å². The van der Waals surface area contributed by atoms with Crippen LogP contribution in [0, 0.1) is 0 Å². The molecule has 0 spiro atoms. The number of Topliss-reactive ketones (excluding diaryl/α,β-unsaturated/α-hetero) is 1. The normalized spacial score (nSPS) is 21.9. The van der Waals surface area contributed by atoms with Crippen LogP contribution in [0.1, 0.15) is 125 Å². The van der Waals surface area contributed by atoms with Gasteiger partial charge in [0.1, 0.15) is 18.0 Å². The number of carbonyl (C=O) groups is 3. The van der Waals surface area contributed by atoms with E-state index in [1.54, 1.807) is 0 Å². The van der Waals surface area contributed by atoms with E-state index in [2.05, 4.69) is 47.7 Å². The van der Waals surface area contributed by atoms with Crippen molar-refractivity contribution in [1.82, 2.24) is 31.0 Å². The molecule has 0 saturated heterocycles. The summed E-state index contributed by atoms with van der Waals surface area (Å²) >= 11 is 0. The minimum Gasteiger partial charge on any atom is -0.446 e. The van der Waals surface area contributed by atoms with Gasteiger partial charge in [-0.05, 0) is 113 Å². The quantitative estimate of drug-likeness (QED) is 0.0913. The Morgan fingerprint density at radius 3 is 1.76 bits per heavy atom. The van der Waals surface area contributed by atoms with Crippen LogP contribution in [0.3, 0.4) is 0 Å². The van der Waals surface area contributed by atoms with Gasteiger partial charge in [-0.25, -0.2) is 18.4 Å². The number of amides is 2. The number of ketones is 1. The molecule has 4 aliphatic rings. The van der Waals surface area contributed by atoms with E-state index < -0.39 is 5.92 Å². The third-order valence-electron chi connectivity index (χ3n) is 11.5. The standard InChI is InChI=1S/C22H28F2N4O2.C22H28N4O3/c1-13(2)25-21(29)30-16-7-6-15(10-16)19-11-20(28-27-19)26-18-5-3-4-14-8-9-22(23,24)12-17(14)18;1-13(2)23-22(28)29-17-9-7-15(10-17)20-12-21(26-25-20)24-19-5-3-4-14-6-8-16(27)11-18(14)19/h3-5,11,13,15-16H,6-10,12H2,1-2H3,(H,25,29)(H2,26,27,28);3-5,12-13,15,17H,6-11H2,1-2H3,(H,23,28)(H2,24,25,26)/t15-,16+;15-,17+/m00/s1. The first-order valence-electron chi connectivity index (χ1n) is 21.0. The molecule has 13 nitrogen and oxygen atoms in total. The molecule has 2 heterocycles. The van der Waals surface area contributed by atoms with Crippen molar-refractivity contribution < 1.29 is 32.6 Å². The second-order valence-corrected chi connectivity index (χ2v) is 17.0. The molecule has 0 unspecified atom stereocenters. The highest BCUT2D eigenvalue weighted by Crippen LogP contribution is 2.40. The number of halogens is 2. The summed E-state index contributed by atoms with van der Waals surface area (Å²) in [7, 11) is 0. The number of hydrogen-bond acceptors (Lipinski definition) is 9. The molecule has 15 heteroatoms. The molecule has 0 radical (unpaired) electrons. The summed E-state index contributed by atoms with van der Waals surface area (Å²) in [6.07, 6.45) is 6.09. The van der Waals surface area contributed by atoms with Gasteiger partial charge in [0.25, 0.3) is 5.92 Å². The monoisotopic (exact) mass is 814 g/mol. The Bertz CT molecular complexity index is 2120. The molecule has 2 saturated carbocycles. The number of H-pyrrole nitrogens is 2. The Kier molecular flexibility index (Phi) is 12.9. The van der Waals surface area contributed by atoms with Crippen LogP contribution in [0.2, 0.25) is 0 Å². The van der Waals surface area contributed by atoms with Crippen LogP contribution in [0.25, 0.3) is 0 Å². The lowest BCUT2D eigenvalue weighted by Gasteiger charge is -2.26. The van der Waals surface area contributed by atoms with Crippen molar-refractivity contribution in [2.24, 2.45) is 0 Å². The molecular formula is C44H56F2N8O5. The van der Waals surface area contributed by atoms with E-state index in [0.29, 0.717) is 42.2 Å². The van der Waals surface area contributed by atoms with E-state index in [-0.39, 0.29) is 61.0 Å². The van der Waals surface area contributed by atoms with E-state index in [1.165, 1.54) is 5.56 Å². The van der Waals surface area contributed by atoms with Gasteiger partial charge >= 0.3 is 12.2 Å². The molecule has 2 fully saturated rings. The number of fused-ring (bicyclic) bond motifs is 2. The summed E-state index contributed by atoms with van der Waals surface area (Å²) in [6.45, 7) is 7.61. The SMILES string of the molecule is CC(C)NC(=O)O[C@@H]1CC[C@H](c2cc(Nc3cccc4c3CC(=O)CC4)n[nH]2)C1.CC(C)NC(=O)O[C@@H]1CC[C@H](c2cc(Nc3cccc4c3CC(F)(F)CC4)n[nH]2)C1. The van der Waals surface area contributed by atoms with Gasteiger partial charge in [-0.15, -0.1) is 0 Å². The van der Waals surface area contributed by atoms with E-state index >= 15 is 0 Å². The highest BCUT2D eigenvalue weighted by Gasteiger charge is 2.36. The molecule has 0 aliphatic heterocycles. The fraction of sp³-hybridized carbons (Fsp3) is 0.523. The predicted molar refractivity (Wildman–Crippen MR) is 221 cm³/mol. The first kappa shape index (κ1) is 41.7. The molecule has 8 rings (SSSR count). The Labute approximate surface area is 343 Å². The average molecular weight is 815 g/mol. The van der Waals surface area contributed by atoms with Crippen molar-refractivity contribution in [2.75, 3.05) is 10.6 Å². The molecule has 4 aliphatic carbocycles. The molecule has 2 aromatic heterocycles. The number of aryl methyl sites for hydroxylation is 2. The summed E-state index contributed by atoms with van der Waals surface area (Å²) in [5.74, 6) is -0.516. The number of nitrogens with zero attached hydrogens (tertiary/aromatic N) is 2. The number of carbonyl (C=O) groups excluding carboxylic acids is 3. The number of anilines is 4. The Hall–Kier alpha value is -5.47. The average Bonchev–Trinajstić information content (AvgIpc) is 4.00. The lowest BCUT2D eigenvalue weighted by Crippen LogP contribution is -2.33. The van der Waals surface area contributed by atoms with Gasteiger partial charge in [0.05, 0.1) is 0 Å². The van der Waals surface area contributed by atoms with Crippen LogP contribution in [0.4, 0.5) is 41.4 Å². The summed E-state index contributed by atoms with van der Waals surface area (Å²) in [6, 6.07) is 15.8. The lowest BCUT2D eigenvalue weighted by atomic mass is 9.88. The van der Waals surface area contributed by atoms with Gasteiger partial charge in [0, 0.05) is 84.5 Å². The maximum absolute atomic E-state index is 13.9. The van der Waals surface area contributed by atoms with Crippen LogP contribution >= 0.6 is 0 Å². The Morgan fingerprint density at radius 1 is 0.729 bits per heavy atom. The zero-order chi connectivity index (χ0) is 41.7. The fourth-order valence-electron chi connectivity index (χ4n) is 8.61. The summed E-state index contributed by atoms with van der Waals surface area (Å²) < 4.78 is 38.8. The number of alkyl carbamates (subject to hydrolysis) is 2. The molecule has 316 valence electrons. The van der Waals surface area contributed by atoms with E-state index in [0.717, 1.165) is 79.0 Å². The van der Waals surface area contributed by atoms with E-state index in [4.69, 9.17) is 9.47 Å². The summed E-state index contributed by atoms with van der Waals surface area (Å²) in [4.78, 5) is 35.5. The molecule has 2 amide bonds. The molecule has 4 atom stereocenters. The van der Waals surface area contributed by atoms with Gasteiger partial charge in [-0.3, -0.25) is 15.0 Å². The van der Waals surface area contributed by atoms with E-state index in [9.17, 15) is 23.2 Å². The zero-order valence-electron chi connectivity index (χ0n) is 34.3. The smallest absolute Gasteiger partial charge is 0.407 e. The number of benzene rings is 2. The third-order valence-corrected chi connectivity index (χ3v) is 11.5. The van der Waals surface area contributed by atoms with Crippen LogP contribution in [-0.2, 0) is 40.0 Å². The van der Waals surface area contributed by atoms with Gasteiger partial charge in [0.15, 0.2) is 11.6 Å². The highest BCUT2D eigenvalue weighted by atomic mass is 19.3. The lowest BCUT2D eigenvalue weighted by molar-refractivity contribution is -0.118. The largest absolute Gasteiger partial charge is 0.446 e. The van der Waals surface area contributed by atoms with Gasteiger partial charge in [-0.1, -0.05) is 24.3 Å². The molecular weight excluding hydrogens is 759 g/mol. The maximum Gasteiger partial charge on any atom is 0.407 e. The van der Waals surface area contributed by atoms with Crippen molar-refractivity contribution in [3.05, 3.63) is 82.2 Å². The molecule has 0 bridgehead atoms. The fourth-order valence-corrected chi connectivity index (χ4v) is 8.61. The minimum atomic E-state index is -2.66. The highest BCUT2D eigenvalue weighted by molar-refractivity contribution is 5.86. The molecule has 6 N–H and O–H groups in total.